The number of carbonyl (C=O) groups is 1. The predicted molar refractivity (Wildman–Crippen MR) is 89.4 cm³/mol. The predicted octanol–water partition coefficient (Wildman–Crippen LogP) is 2.43. The summed E-state index contributed by atoms with van der Waals surface area (Å²) in [6.07, 6.45) is 3.59. The summed E-state index contributed by atoms with van der Waals surface area (Å²) in [5, 5.41) is 3.02. The minimum atomic E-state index is -0.106. The fourth-order valence-electron chi connectivity index (χ4n) is 3.97. The Kier molecular flexibility index (Phi) is 3.16. The highest BCUT2D eigenvalue weighted by molar-refractivity contribution is 5.94. The smallest absolute Gasteiger partial charge is 0.231 e. The van der Waals surface area contributed by atoms with Gasteiger partial charge in [0.05, 0.1) is 12.8 Å². The molecule has 7 heteroatoms. The van der Waals surface area contributed by atoms with Crippen LogP contribution in [0.25, 0.3) is 0 Å². The summed E-state index contributed by atoms with van der Waals surface area (Å²) in [5.74, 6) is 3.74. The van der Waals surface area contributed by atoms with E-state index >= 15 is 0 Å². The van der Waals surface area contributed by atoms with Gasteiger partial charge in [0, 0.05) is 25.3 Å². The molecule has 1 N–H and O–H groups in total. The van der Waals surface area contributed by atoms with Gasteiger partial charge in [0.1, 0.15) is 11.6 Å². The van der Waals surface area contributed by atoms with E-state index in [1.807, 2.05) is 12.1 Å². The molecule has 7 nitrogen and oxygen atoms in total. The molecular weight excluding hydrogens is 322 g/mol. The normalized spacial score (nSPS) is 20.7. The van der Waals surface area contributed by atoms with E-state index in [0.717, 1.165) is 48.7 Å². The maximum atomic E-state index is 12.3. The molecule has 25 heavy (non-hydrogen) atoms. The van der Waals surface area contributed by atoms with E-state index in [1.54, 1.807) is 7.11 Å². The standard InChI is InChI=1S/C18H19N3O4/c1-23-12-6-10(7-13-17(12)25-9-24-13)11-8-15(22)20-18-16(11)19-14-4-2-3-5-21(14)18/h6-7,11H,2-5,8-9H2,1H3,(H,20,22)/t11-/m0/s1. The molecular formula is C18H19N3O4. The minimum absolute atomic E-state index is 0.0161. The van der Waals surface area contributed by atoms with Crippen LogP contribution in [0.4, 0.5) is 5.82 Å². The second-order valence-corrected chi connectivity index (χ2v) is 6.63. The van der Waals surface area contributed by atoms with Gasteiger partial charge >= 0.3 is 0 Å². The maximum absolute atomic E-state index is 12.3. The van der Waals surface area contributed by atoms with Crippen molar-refractivity contribution in [2.75, 3.05) is 19.2 Å². The number of methoxy groups -OCH3 is 1. The van der Waals surface area contributed by atoms with Crippen molar-refractivity contribution in [3.05, 3.63) is 29.2 Å². The zero-order valence-electron chi connectivity index (χ0n) is 14.0. The Morgan fingerprint density at radius 1 is 1.32 bits per heavy atom. The Labute approximate surface area is 144 Å². The Bertz CT molecular complexity index is 874. The summed E-state index contributed by atoms with van der Waals surface area (Å²) in [5.41, 5.74) is 1.91. The van der Waals surface area contributed by atoms with Gasteiger partial charge < -0.3 is 24.1 Å². The molecule has 4 heterocycles. The zero-order chi connectivity index (χ0) is 17.0. The molecule has 1 aromatic heterocycles. The van der Waals surface area contributed by atoms with Crippen LogP contribution in [0.2, 0.25) is 0 Å². The molecule has 0 bridgehead atoms. The molecule has 1 atom stereocenters. The van der Waals surface area contributed by atoms with Crippen LogP contribution in [0.3, 0.4) is 0 Å². The van der Waals surface area contributed by atoms with Crippen LogP contribution in [0, 0.1) is 0 Å². The first-order chi connectivity index (χ1) is 12.2. The average molecular weight is 341 g/mol. The van der Waals surface area contributed by atoms with Crippen molar-refractivity contribution in [3.63, 3.8) is 0 Å². The van der Waals surface area contributed by atoms with E-state index in [0.29, 0.717) is 23.7 Å². The number of nitrogens with zero attached hydrogens (tertiary/aromatic N) is 2. The van der Waals surface area contributed by atoms with Gasteiger partial charge in [-0.3, -0.25) is 4.79 Å². The third kappa shape index (κ3) is 2.18. The molecule has 130 valence electrons. The molecule has 0 fully saturated rings. The van der Waals surface area contributed by atoms with Crippen LogP contribution in [0.5, 0.6) is 17.2 Å². The van der Waals surface area contributed by atoms with Gasteiger partial charge in [0.15, 0.2) is 11.5 Å². The Balaban J connectivity index is 1.64. The summed E-state index contributed by atoms with van der Waals surface area (Å²) in [4.78, 5) is 17.2. The van der Waals surface area contributed by atoms with Gasteiger partial charge in [-0.15, -0.1) is 0 Å². The first kappa shape index (κ1) is 14.6. The molecule has 1 aromatic carbocycles. The Morgan fingerprint density at radius 2 is 2.24 bits per heavy atom. The topological polar surface area (TPSA) is 74.6 Å². The molecule has 0 saturated carbocycles. The molecule has 1 amide bonds. The van der Waals surface area contributed by atoms with Crippen LogP contribution < -0.4 is 19.5 Å². The van der Waals surface area contributed by atoms with Crippen molar-refractivity contribution < 1.29 is 19.0 Å². The molecule has 3 aliphatic heterocycles. The summed E-state index contributed by atoms with van der Waals surface area (Å²) in [6, 6.07) is 3.87. The number of hydrogen-bond donors (Lipinski definition) is 1. The number of benzene rings is 1. The monoisotopic (exact) mass is 341 g/mol. The van der Waals surface area contributed by atoms with E-state index in [9.17, 15) is 4.79 Å². The number of imidazole rings is 1. The van der Waals surface area contributed by atoms with Gasteiger partial charge in [-0.1, -0.05) is 0 Å². The Hall–Kier alpha value is -2.70. The molecule has 0 unspecified atom stereocenters. The van der Waals surface area contributed by atoms with Gasteiger partial charge in [0.2, 0.25) is 18.4 Å². The van der Waals surface area contributed by atoms with Crippen LogP contribution in [0.1, 0.15) is 42.3 Å². The summed E-state index contributed by atoms with van der Waals surface area (Å²) in [7, 11) is 1.61. The van der Waals surface area contributed by atoms with Crippen LogP contribution in [-0.2, 0) is 17.8 Å². The summed E-state index contributed by atoms with van der Waals surface area (Å²) >= 11 is 0. The van der Waals surface area contributed by atoms with Crippen LogP contribution in [0.15, 0.2) is 12.1 Å². The van der Waals surface area contributed by atoms with Gasteiger partial charge in [-0.25, -0.2) is 4.98 Å². The number of amides is 1. The number of aromatic nitrogens is 2. The quantitative estimate of drug-likeness (QED) is 0.908. The largest absolute Gasteiger partial charge is 0.493 e. The van der Waals surface area contributed by atoms with Crippen molar-refractivity contribution in [3.8, 4) is 17.2 Å². The fourth-order valence-corrected chi connectivity index (χ4v) is 3.97. The second kappa shape index (κ2) is 5.40. The van der Waals surface area contributed by atoms with E-state index < -0.39 is 0 Å². The number of nitrogens with one attached hydrogen (secondary N) is 1. The lowest BCUT2D eigenvalue weighted by Gasteiger charge is -2.24. The van der Waals surface area contributed by atoms with Gasteiger partial charge in [-0.2, -0.15) is 0 Å². The second-order valence-electron chi connectivity index (χ2n) is 6.63. The SMILES string of the molecule is COc1cc([C@@H]2CC(=O)Nc3c2nc2n3CCCC2)cc2c1OCO2. The molecule has 0 aliphatic carbocycles. The van der Waals surface area contributed by atoms with Gasteiger partial charge in [0.25, 0.3) is 0 Å². The van der Waals surface area contributed by atoms with Crippen molar-refractivity contribution in [2.24, 2.45) is 0 Å². The molecule has 0 spiro atoms. The molecule has 2 aromatic rings. The number of ether oxygens (including phenoxy) is 3. The number of hydrogen-bond acceptors (Lipinski definition) is 5. The van der Waals surface area contributed by atoms with E-state index in [4.69, 9.17) is 19.2 Å². The molecule has 3 aliphatic rings. The lowest BCUT2D eigenvalue weighted by molar-refractivity contribution is -0.116. The van der Waals surface area contributed by atoms with Crippen molar-refractivity contribution >= 4 is 11.7 Å². The highest BCUT2D eigenvalue weighted by Gasteiger charge is 2.34. The van der Waals surface area contributed by atoms with Crippen LogP contribution in [-0.4, -0.2) is 29.4 Å². The lowest BCUT2D eigenvalue weighted by Crippen LogP contribution is -2.25. The number of carbonyl (C=O) groups excluding carboxylic acids is 1. The van der Waals surface area contributed by atoms with Crippen molar-refractivity contribution in [1.29, 1.82) is 0 Å². The average Bonchev–Trinajstić information content (AvgIpc) is 3.24. The first-order valence-electron chi connectivity index (χ1n) is 8.61. The zero-order valence-corrected chi connectivity index (χ0v) is 14.0. The highest BCUT2D eigenvalue weighted by atomic mass is 16.7. The summed E-state index contributed by atoms with van der Waals surface area (Å²) in [6.45, 7) is 1.10. The maximum Gasteiger partial charge on any atom is 0.231 e. The molecule has 5 rings (SSSR count). The lowest BCUT2D eigenvalue weighted by atomic mass is 9.89. The van der Waals surface area contributed by atoms with Crippen molar-refractivity contribution in [2.45, 2.75) is 38.1 Å². The third-order valence-electron chi connectivity index (χ3n) is 5.17. The Morgan fingerprint density at radius 3 is 3.12 bits per heavy atom. The summed E-state index contributed by atoms with van der Waals surface area (Å²) < 4.78 is 18.6. The number of fused-ring (bicyclic) bond motifs is 4. The number of anilines is 1. The van der Waals surface area contributed by atoms with E-state index in [1.165, 1.54) is 0 Å². The molecule has 0 radical (unpaired) electrons. The fraction of sp³-hybridized carbons (Fsp3) is 0.444. The number of rotatable bonds is 2. The van der Waals surface area contributed by atoms with Crippen LogP contribution >= 0.6 is 0 Å². The minimum Gasteiger partial charge on any atom is -0.493 e. The van der Waals surface area contributed by atoms with Gasteiger partial charge in [-0.05, 0) is 30.5 Å². The number of aryl methyl sites for hydroxylation is 1. The molecule has 0 saturated heterocycles. The third-order valence-corrected chi connectivity index (χ3v) is 5.17. The van der Waals surface area contributed by atoms with E-state index in [2.05, 4.69) is 9.88 Å². The van der Waals surface area contributed by atoms with Crippen molar-refractivity contribution in [1.82, 2.24) is 9.55 Å². The van der Waals surface area contributed by atoms with E-state index in [-0.39, 0.29) is 18.6 Å². The highest BCUT2D eigenvalue weighted by Crippen LogP contribution is 2.46. The first-order valence-corrected chi connectivity index (χ1v) is 8.61.